The molecule has 3 aromatic rings. The number of fused-ring (bicyclic) bond motifs is 1. The van der Waals surface area contributed by atoms with Gasteiger partial charge in [0.1, 0.15) is 23.9 Å². The number of halogens is 1. The molecule has 1 aromatic heterocycles. The van der Waals surface area contributed by atoms with Gasteiger partial charge in [-0.05, 0) is 36.4 Å². The number of hydrogen-bond donors (Lipinski definition) is 2. The Morgan fingerprint density at radius 2 is 2.00 bits per heavy atom. The van der Waals surface area contributed by atoms with E-state index in [1.165, 1.54) is 12.1 Å². The molecule has 0 radical (unpaired) electrons. The summed E-state index contributed by atoms with van der Waals surface area (Å²) < 4.78 is 18.5. The first-order valence-corrected chi connectivity index (χ1v) is 5.90. The van der Waals surface area contributed by atoms with E-state index in [4.69, 9.17) is 4.74 Å². The van der Waals surface area contributed by atoms with Crippen LogP contribution in [0.3, 0.4) is 0 Å². The lowest BCUT2D eigenvalue weighted by Gasteiger charge is -2.04. The first kappa shape index (κ1) is 11.6. The molecule has 0 aliphatic carbocycles. The van der Waals surface area contributed by atoms with Crippen molar-refractivity contribution < 1.29 is 14.2 Å². The van der Waals surface area contributed by atoms with E-state index in [9.17, 15) is 9.50 Å². The van der Waals surface area contributed by atoms with Crippen LogP contribution in [0, 0.1) is 5.82 Å². The van der Waals surface area contributed by atoms with Crippen molar-refractivity contribution in [2.45, 2.75) is 6.61 Å². The van der Waals surface area contributed by atoms with Gasteiger partial charge >= 0.3 is 0 Å². The van der Waals surface area contributed by atoms with Gasteiger partial charge in [-0.2, -0.15) is 0 Å². The summed E-state index contributed by atoms with van der Waals surface area (Å²) in [4.78, 5) is 3.18. The number of aromatic amines is 1. The molecular weight excluding hydrogens is 245 g/mol. The zero-order valence-electron chi connectivity index (χ0n) is 10.1. The van der Waals surface area contributed by atoms with Crippen LogP contribution < -0.4 is 4.74 Å². The number of aromatic nitrogens is 1. The predicted octanol–water partition coefficient (Wildman–Crippen LogP) is 3.59. The van der Waals surface area contributed by atoms with Crippen molar-refractivity contribution in [1.82, 2.24) is 4.98 Å². The summed E-state index contributed by atoms with van der Waals surface area (Å²) in [7, 11) is 0. The molecular formula is C15H12FNO2. The lowest BCUT2D eigenvalue weighted by molar-refractivity contribution is 0.301. The van der Waals surface area contributed by atoms with Gasteiger partial charge in [0.05, 0.1) is 5.69 Å². The number of aromatic hydroxyl groups is 1. The van der Waals surface area contributed by atoms with E-state index in [2.05, 4.69) is 4.98 Å². The fourth-order valence-corrected chi connectivity index (χ4v) is 1.98. The molecule has 0 saturated carbocycles. The average Bonchev–Trinajstić information content (AvgIpc) is 2.78. The number of nitrogens with one attached hydrogen (secondary N) is 1. The monoisotopic (exact) mass is 257 g/mol. The minimum absolute atomic E-state index is 0.226. The van der Waals surface area contributed by atoms with Gasteiger partial charge in [0.15, 0.2) is 0 Å². The van der Waals surface area contributed by atoms with Crippen LogP contribution in [-0.4, -0.2) is 10.1 Å². The van der Waals surface area contributed by atoms with E-state index in [0.717, 1.165) is 16.6 Å². The molecule has 0 bridgehead atoms. The van der Waals surface area contributed by atoms with Gasteiger partial charge in [-0.1, -0.05) is 6.07 Å². The maximum Gasteiger partial charge on any atom is 0.128 e. The van der Waals surface area contributed by atoms with Gasteiger partial charge in [0, 0.05) is 17.0 Å². The smallest absolute Gasteiger partial charge is 0.128 e. The van der Waals surface area contributed by atoms with Crippen LogP contribution in [0.4, 0.5) is 4.39 Å². The molecule has 0 unspecified atom stereocenters. The summed E-state index contributed by atoms with van der Waals surface area (Å²) >= 11 is 0. The Balaban J connectivity index is 1.78. The van der Waals surface area contributed by atoms with Crippen molar-refractivity contribution >= 4 is 10.9 Å². The Kier molecular flexibility index (Phi) is 2.83. The predicted molar refractivity (Wildman–Crippen MR) is 70.7 cm³/mol. The number of phenols is 1. The van der Waals surface area contributed by atoms with Gasteiger partial charge in [0.2, 0.25) is 0 Å². The largest absolute Gasteiger partial charge is 0.508 e. The highest BCUT2D eigenvalue weighted by Gasteiger charge is 2.03. The molecule has 0 amide bonds. The van der Waals surface area contributed by atoms with Gasteiger partial charge < -0.3 is 14.8 Å². The third-order valence-electron chi connectivity index (χ3n) is 2.85. The Hall–Kier alpha value is -2.49. The molecule has 0 spiro atoms. The van der Waals surface area contributed by atoms with Crippen molar-refractivity contribution in [2.75, 3.05) is 0 Å². The molecule has 2 N–H and O–H groups in total. The second-order valence-electron chi connectivity index (χ2n) is 4.31. The molecule has 19 heavy (non-hydrogen) atoms. The topological polar surface area (TPSA) is 45.2 Å². The third kappa shape index (κ3) is 2.52. The maximum atomic E-state index is 13.0. The Morgan fingerprint density at radius 1 is 1.11 bits per heavy atom. The van der Waals surface area contributed by atoms with E-state index >= 15 is 0 Å². The van der Waals surface area contributed by atoms with Crippen LogP contribution in [0.2, 0.25) is 0 Å². The van der Waals surface area contributed by atoms with E-state index in [-0.39, 0.29) is 11.6 Å². The molecule has 0 atom stereocenters. The standard InChI is InChI=1S/C15H12FNO2/c16-11-2-1-3-14(8-11)19-9-12-6-10-7-13(18)4-5-15(10)17-12/h1-8,17-18H,9H2. The van der Waals surface area contributed by atoms with Crippen molar-refractivity contribution in [3.8, 4) is 11.5 Å². The van der Waals surface area contributed by atoms with Crippen molar-refractivity contribution in [3.63, 3.8) is 0 Å². The molecule has 0 fully saturated rings. The molecule has 3 rings (SSSR count). The molecule has 3 nitrogen and oxygen atoms in total. The second kappa shape index (κ2) is 4.65. The molecule has 0 saturated heterocycles. The molecule has 1 heterocycles. The number of ether oxygens (including phenoxy) is 1. The van der Waals surface area contributed by atoms with Crippen LogP contribution in [0.15, 0.2) is 48.5 Å². The highest BCUT2D eigenvalue weighted by atomic mass is 19.1. The Bertz CT molecular complexity index is 721. The second-order valence-corrected chi connectivity index (χ2v) is 4.31. The van der Waals surface area contributed by atoms with Crippen LogP contribution in [0.25, 0.3) is 10.9 Å². The van der Waals surface area contributed by atoms with E-state index in [1.807, 2.05) is 6.07 Å². The third-order valence-corrected chi connectivity index (χ3v) is 2.85. The maximum absolute atomic E-state index is 13.0. The molecule has 0 aliphatic heterocycles. The van der Waals surface area contributed by atoms with Crippen LogP contribution in [0.5, 0.6) is 11.5 Å². The Labute approximate surface area is 109 Å². The minimum atomic E-state index is -0.320. The lowest BCUT2D eigenvalue weighted by atomic mass is 10.2. The first-order valence-electron chi connectivity index (χ1n) is 5.90. The zero-order chi connectivity index (χ0) is 13.2. The highest BCUT2D eigenvalue weighted by molar-refractivity contribution is 5.81. The highest BCUT2D eigenvalue weighted by Crippen LogP contribution is 2.21. The summed E-state index contributed by atoms with van der Waals surface area (Å²) in [5, 5.41) is 10.3. The number of rotatable bonds is 3. The summed E-state index contributed by atoms with van der Waals surface area (Å²) in [6.45, 7) is 0.318. The summed E-state index contributed by atoms with van der Waals surface area (Å²) in [6.07, 6.45) is 0. The number of H-pyrrole nitrogens is 1. The van der Waals surface area contributed by atoms with E-state index in [0.29, 0.717) is 12.4 Å². The molecule has 0 aliphatic rings. The number of hydrogen-bond acceptors (Lipinski definition) is 2. The molecule has 96 valence electrons. The number of benzene rings is 2. The van der Waals surface area contributed by atoms with Gasteiger partial charge in [0.25, 0.3) is 0 Å². The van der Waals surface area contributed by atoms with Crippen molar-refractivity contribution in [2.24, 2.45) is 0 Å². The summed E-state index contributed by atoms with van der Waals surface area (Å²) in [5.74, 6) is 0.393. The van der Waals surface area contributed by atoms with Gasteiger partial charge in [-0.3, -0.25) is 0 Å². The SMILES string of the molecule is Oc1ccc2[nH]c(COc3cccc(F)c3)cc2c1. The summed E-state index contributed by atoms with van der Waals surface area (Å²) in [6, 6.07) is 13.0. The fraction of sp³-hybridized carbons (Fsp3) is 0.0667. The minimum Gasteiger partial charge on any atom is -0.508 e. The van der Waals surface area contributed by atoms with Crippen molar-refractivity contribution in [1.29, 1.82) is 0 Å². The zero-order valence-corrected chi connectivity index (χ0v) is 10.1. The number of phenolic OH excluding ortho intramolecular Hbond substituents is 1. The van der Waals surface area contributed by atoms with E-state index in [1.54, 1.807) is 30.3 Å². The lowest BCUT2D eigenvalue weighted by Crippen LogP contribution is -1.95. The summed E-state index contributed by atoms with van der Waals surface area (Å²) in [5.41, 5.74) is 1.79. The normalized spacial score (nSPS) is 10.8. The van der Waals surface area contributed by atoms with Gasteiger partial charge in [-0.25, -0.2) is 4.39 Å². The quantitative estimate of drug-likeness (QED) is 0.753. The average molecular weight is 257 g/mol. The van der Waals surface area contributed by atoms with Crippen LogP contribution in [0.1, 0.15) is 5.69 Å². The molecule has 4 heteroatoms. The van der Waals surface area contributed by atoms with Crippen LogP contribution in [-0.2, 0) is 6.61 Å². The van der Waals surface area contributed by atoms with Gasteiger partial charge in [-0.15, -0.1) is 0 Å². The first-order chi connectivity index (χ1) is 9.20. The van der Waals surface area contributed by atoms with Crippen LogP contribution >= 0.6 is 0 Å². The Morgan fingerprint density at radius 3 is 2.84 bits per heavy atom. The van der Waals surface area contributed by atoms with E-state index < -0.39 is 0 Å². The fourth-order valence-electron chi connectivity index (χ4n) is 1.98. The molecule has 2 aromatic carbocycles. The van der Waals surface area contributed by atoms with Crippen molar-refractivity contribution in [3.05, 3.63) is 60.0 Å².